The van der Waals surface area contributed by atoms with Gasteiger partial charge < -0.3 is 10.1 Å². The average Bonchev–Trinajstić information content (AvgIpc) is 2.82. The van der Waals surface area contributed by atoms with Crippen LogP contribution in [0.1, 0.15) is 24.9 Å². The van der Waals surface area contributed by atoms with E-state index in [2.05, 4.69) is 24.4 Å². The first-order valence-corrected chi connectivity index (χ1v) is 6.93. The number of rotatable bonds is 4. The van der Waals surface area contributed by atoms with Gasteiger partial charge in [0.05, 0.1) is 7.11 Å². The Kier molecular flexibility index (Phi) is 4.13. The molecule has 2 rings (SSSR count). The summed E-state index contributed by atoms with van der Waals surface area (Å²) in [6.45, 7) is 2.23. The van der Waals surface area contributed by atoms with E-state index in [9.17, 15) is 0 Å². The van der Waals surface area contributed by atoms with Gasteiger partial charge >= 0.3 is 0 Å². The van der Waals surface area contributed by atoms with E-state index in [0.29, 0.717) is 12.1 Å². The van der Waals surface area contributed by atoms with Crippen LogP contribution in [0.2, 0.25) is 0 Å². The van der Waals surface area contributed by atoms with Crippen LogP contribution < -0.4 is 10.1 Å². The highest BCUT2D eigenvalue weighted by Gasteiger charge is 2.17. The van der Waals surface area contributed by atoms with E-state index in [1.54, 1.807) is 7.11 Å². The van der Waals surface area contributed by atoms with Crippen molar-refractivity contribution in [2.75, 3.05) is 18.6 Å². The van der Waals surface area contributed by atoms with Crippen LogP contribution in [-0.4, -0.2) is 24.7 Å². The normalized spacial score (nSPS) is 22.0. The molecule has 1 heterocycles. The number of benzene rings is 1. The van der Waals surface area contributed by atoms with Crippen LogP contribution >= 0.6 is 11.8 Å². The second kappa shape index (κ2) is 5.60. The molecular weight excluding hydrogens is 218 g/mol. The molecule has 1 aliphatic rings. The lowest BCUT2D eigenvalue weighted by Crippen LogP contribution is -2.31. The minimum Gasteiger partial charge on any atom is -0.497 e. The van der Waals surface area contributed by atoms with Crippen molar-refractivity contribution in [3.63, 3.8) is 0 Å². The second-order valence-electron chi connectivity index (χ2n) is 4.22. The molecule has 2 nitrogen and oxygen atoms in total. The van der Waals surface area contributed by atoms with Crippen molar-refractivity contribution in [2.24, 2.45) is 0 Å². The largest absolute Gasteiger partial charge is 0.497 e. The minimum atomic E-state index is 0.426. The van der Waals surface area contributed by atoms with Crippen LogP contribution in [-0.2, 0) is 0 Å². The second-order valence-corrected chi connectivity index (χ2v) is 5.37. The monoisotopic (exact) mass is 237 g/mol. The Labute approximate surface area is 102 Å². The quantitative estimate of drug-likeness (QED) is 0.870. The van der Waals surface area contributed by atoms with Gasteiger partial charge in [0.25, 0.3) is 0 Å². The van der Waals surface area contributed by atoms with Crippen LogP contribution in [0, 0.1) is 0 Å². The zero-order valence-electron chi connectivity index (χ0n) is 9.90. The summed E-state index contributed by atoms with van der Waals surface area (Å²) in [5.41, 5.74) is 1.33. The van der Waals surface area contributed by atoms with Gasteiger partial charge in [0.1, 0.15) is 5.75 Å². The summed E-state index contributed by atoms with van der Waals surface area (Å²) < 4.78 is 5.16. The number of nitrogens with one attached hydrogen (secondary N) is 1. The molecule has 16 heavy (non-hydrogen) atoms. The van der Waals surface area contributed by atoms with Crippen molar-refractivity contribution in [1.82, 2.24) is 5.32 Å². The molecule has 2 unspecified atom stereocenters. The van der Waals surface area contributed by atoms with Gasteiger partial charge in [0.15, 0.2) is 0 Å². The van der Waals surface area contributed by atoms with E-state index in [4.69, 9.17) is 4.74 Å². The smallest absolute Gasteiger partial charge is 0.118 e. The summed E-state index contributed by atoms with van der Waals surface area (Å²) in [6.07, 6.45) is 1.30. The first kappa shape index (κ1) is 11.8. The topological polar surface area (TPSA) is 21.3 Å². The van der Waals surface area contributed by atoms with Gasteiger partial charge in [-0.15, -0.1) is 0 Å². The van der Waals surface area contributed by atoms with Gasteiger partial charge in [-0.1, -0.05) is 12.1 Å². The number of hydrogen-bond acceptors (Lipinski definition) is 3. The molecule has 1 aliphatic heterocycles. The molecule has 0 aromatic heterocycles. The van der Waals surface area contributed by atoms with E-state index in [1.165, 1.54) is 23.5 Å². The first-order valence-electron chi connectivity index (χ1n) is 5.77. The van der Waals surface area contributed by atoms with Crippen LogP contribution in [0.5, 0.6) is 5.75 Å². The predicted molar refractivity (Wildman–Crippen MR) is 70.3 cm³/mol. The SMILES string of the molecule is COc1ccc(C(C)NC2CCSC2)cc1. The van der Waals surface area contributed by atoms with Gasteiger partial charge in [-0.2, -0.15) is 11.8 Å². The molecule has 1 fully saturated rings. The molecule has 88 valence electrons. The molecule has 0 amide bonds. The Balaban J connectivity index is 1.94. The molecule has 1 N–H and O–H groups in total. The summed E-state index contributed by atoms with van der Waals surface area (Å²) >= 11 is 2.04. The maximum Gasteiger partial charge on any atom is 0.118 e. The molecule has 0 radical (unpaired) electrons. The van der Waals surface area contributed by atoms with Crippen molar-refractivity contribution in [1.29, 1.82) is 0 Å². The fourth-order valence-corrected chi connectivity index (χ4v) is 3.17. The van der Waals surface area contributed by atoms with Crippen LogP contribution in [0.4, 0.5) is 0 Å². The summed E-state index contributed by atoms with van der Waals surface area (Å²) in [4.78, 5) is 0. The highest BCUT2D eigenvalue weighted by atomic mass is 32.2. The maximum atomic E-state index is 5.16. The van der Waals surface area contributed by atoms with Crippen molar-refractivity contribution >= 4 is 11.8 Å². The summed E-state index contributed by atoms with van der Waals surface area (Å²) in [7, 11) is 1.70. The highest BCUT2D eigenvalue weighted by molar-refractivity contribution is 7.99. The molecule has 2 atom stereocenters. The fraction of sp³-hybridized carbons (Fsp3) is 0.538. The zero-order valence-corrected chi connectivity index (χ0v) is 10.7. The van der Waals surface area contributed by atoms with E-state index in [0.717, 1.165) is 5.75 Å². The number of hydrogen-bond donors (Lipinski definition) is 1. The van der Waals surface area contributed by atoms with Crippen LogP contribution in [0.15, 0.2) is 24.3 Å². The Morgan fingerprint density at radius 2 is 2.12 bits per heavy atom. The molecule has 3 heteroatoms. The third kappa shape index (κ3) is 2.92. The Morgan fingerprint density at radius 3 is 2.69 bits per heavy atom. The lowest BCUT2D eigenvalue weighted by molar-refractivity contribution is 0.414. The number of methoxy groups -OCH3 is 1. The van der Waals surface area contributed by atoms with Gasteiger partial charge in [-0.3, -0.25) is 0 Å². The zero-order chi connectivity index (χ0) is 11.4. The molecule has 1 aromatic carbocycles. The number of ether oxygens (including phenoxy) is 1. The molecule has 0 spiro atoms. The van der Waals surface area contributed by atoms with Gasteiger partial charge in [-0.25, -0.2) is 0 Å². The van der Waals surface area contributed by atoms with Gasteiger partial charge in [0, 0.05) is 17.8 Å². The minimum absolute atomic E-state index is 0.426. The lowest BCUT2D eigenvalue weighted by Gasteiger charge is -2.19. The van der Waals surface area contributed by atoms with Gasteiger partial charge in [-0.05, 0) is 36.8 Å². The van der Waals surface area contributed by atoms with E-state index < -0.39 is 0 Å². The van der Waals surface area contributed by atoms with Gasteiger partial charge in [0.2, 0.25) is 0 Å². The lowest BCUT2D eigenvalue weighted by atomic mass is 10.1. The Bertz CT molecular complexity index is 319. The molecular formula is C13H19NOS. The standard InChI is InChI=1S/C13H19NOS/c1-10(14-12-7-8-16-9-12)11-3-5-13(15-2)6-4-11/h3-6,10,12,14H,7-9H2,1-2H3. The predicted octanol–water partition coefficient (Wildman–Crippen LogP) is 2.85. The molecule has 1 saturated heterocycles. The number of thioether (sulfide) groups is 1. The summed E-state index contributed by atoms with van der Waals surface area (Å²) in [5, 5.41) is 3.67. The molecule has 1 aromatic rings. The molecule has 0 bridgehead atoms. The third-order valence-corrected chi connectivity index (χ3v) is 4.19. The first-order chi connectivity index (χ1) is 7.79. The van der Waals surface area contributed by atoms with Crippen molar-refractivity contribution in [3.8, 4) is 5.75 Å². The van der Waals surface area contributed by atoms with Crippen molar-refractivity contribution in [2.45, 2.75) is 25.4 Å². The van der Waals surface area contributed by atoms with E-state index in [1.807, 2.05) is 23.9 Å². The van der Waals surface area contributed by atoms with Crippen molar-refractivity contribution in [3.05, 3.63) is 29.8 Å². The Morgan fingerprint density at radius 1 is 1.38 bits per heavy atom. The fourth-order valence-electron chi connectivity index (χ4n) is 2.01. The molecule has 0 aliphatic carbocycles. The van der Waals surface area contributed by atoms with E-state index >= 15 is 0 Å². The summed E-state index contributed by atoms with van der Waals surface area (Å²) in [6, 6.07) is 9.43. The van der Waals surface area contributed by atoms with Crippen LogP contribution in [0.3, 0.4) is 0 Å². The maximum absolute atomic E-state index is 5.16. The van der Waals surface area contributed by atoms with Crippen molar-refractivity contribution < 1.29 is 4.74 Å². The summed E-state index contributed by atoms with van der Waals surface area (Å²) in [5.74, 6) is 3.47. The average molecular weight is 237 g/mol. The van der Waals surface area contributed by atoms with Crippen LogP contribution in [0.25, 0.3) is 0 Å². The molecule has 0 saturated carbocycles. The van der Waals surface area contributed by atoms with E-state index in [-0.39, 0.29) is 0 Å². The Hall–Kier alpha value is -0.670. The highest BCUT2D eigenvalue weighted by Crippen LogP contribution is 2.22. The third-order valence-electron chi connectivity index (χ3n) is 3.03.